The highest BCUT2D eigenvalue weighted by Crippen LogP contribution is 2.25. The maximum Gasteiger partial charge on any atom is 0.255 e. The van der Waals surface area contributed by atoms with Crippen molar-refractivity contribution in [3.8, 4) is 0 Å². The molecule has 0 bridgehead atoms. The summed E-state index contributed by atoms with van der Waals surface area (Å²) in [5, 5.41) is 2.90. The Balaban J connectivity index is 1.62. The largest absolute Gasteiger partial charge is 0.338 e. The summed E-state index contributed by atoms with van der Waals surface area (Å²) in [5.41, 5.74) is 1.90. The minimum Gasteiger partial charge on any atom is -0.338 e. The zero-order chi connectivity index (χ0) is 25.6. The Morgan fingerprint density at radius 3 is 2.17 bits per heavy atom. The zero-order valence-corrected chi connectivity index (χ0v) is 22.0. The van der Waals surface area contributed by atoms with Crippen molar-refractivity contribution >= 4 is 27.5 Å². The van der Waals surface area contributed by atoms with E-state index in [0.29, 0.717) is 42.6 Å². The average molecular weight is 500 g/mol. The maximum atomic E-state index is 13.2. The lowest BCUT2D eigenvalue weighted by Gasteiger charge is -2.35. The van der Waals surface area contributed by atoms with Crippen LogP contribution in [0.4, 0.5) is 5.69 Å². The van der Waals surface area contributed by atoms with Crippen LogP contribution < -0.4 is 5.32 Å². The van der Waals surface area contributed by atoms with Crippen molar-refractivity contribution < 1.29 is 18.0 Å². The van der Waals surface area contributed by atoms with Gasteiger partial charge in [-0.3, -0.25) is 9.59 Å². The van der Waals surface area contributed by atoms with E-state index in [1.807, 2.05) is 30.9 Å². The lowest BCUT2D eigenvalue weighted by Crippen LogP contribution is -2.42. The summed E-state index contributed by atoms with van der Waals surface area (Å²) < 4.78 is 26.7. The van der Waals surface area contributed by atoms with Crippen LogP contribution in [0.3, 0.4) is 0 Å². The van der Waals surface area contributed by atoms with Crippen LogP contribution in [0.25, 0.3) is 0 Å². The standard InChI is InChI=1S/C27H37N3O4S/c1-5-30(6-2)35(33,34)23-14-11-22(12-15-23)13-16-26(31)28-25-10-8-7-9-24(25)27(32)29-18-20(3)17-21(4)19-29/h7-12,14-15,20-21H,5-6,13,16-19H2,1-4H3,(H,28,31). The van der Waals surface area contributed by atoms with Crippen LogP contribution >= 0.6 is 0 Å². The Morgan fingerprint density at radius 1 is 0.971 bits per heavy atom. The highest BCUT2D eigenvalue weighted by atomic mass is 32.2. The summed E-state index contributed by atoms with van der Waals surface area (Å²) in [6.07, 6.45) is 1.81. The van der Waals surface area contributed by atoms with Crippen LogP contribution in [0.15, 0.2) is 53.4 Å². The number of amides is 2. The first kappa shape index (κ1) is 26.9. The summed E-state index contributed by atoms with van der Waals surface area (Å²) >= 11 is 0. The molecule has 0 radical (unpaired) electrons. The van der Waals surface area contributed by atoms with Crippen LogP contribution in [0, 0.1) is 11.8 Å². The van der Waals surface area contributed by atoms with Gasteiger partial charge in [0, 0.05) is 32.6 Å². The number of likely N-dealkylation sites (tertiary alicyclic amines) is 1. The van der Waals surface area contributed by atoms with Crippen LogP contribution in [-0.4, -0.2) is 55.6 Å². The summed E-state index contributed by atoms with van der Waals surface area (Å²) in [7, 11) is -3.50. The van der Waals surface area contributed by atoms with Gasteiger partial charge in [-0.2, -0.15) is 4.31 Å². The Labute approximate surface area is 209 Å². The molecule has 190 valence electrons. The Hall–Kier alpha value is -2.71. The van der Waals surface area contributed by atoms with E-state index in [9.17, 15) is 18.0 Å². The van der Waals surface area contributed by atoms with E-state index in [0.717, 1.165) is 25.1 Å². The minimum atomic E-state index is -3.50. The van der Waals surface area contributed by atoms with Gasteiger partial charge < -0.3 is 10.2 Å². The number of nitrogens with one attached hydrogen (secondary N) is 1. The third-order valence-electron chi connectivity index (χ3n) is 6.49. The van der Waals surface area contributed by atoms with E-state index in [1.54, 1.807) is 36.4 Å². The van der Waals surface area contributed by atoms with Gasteiger partial charge in [-0.15, -0.1) is 0 Å². The summed E-state index contributed by atoms with van der Waals surface area (Å²) in [6.45, 7) is 10.2. The molecule has 0 spiro atoms. The SMILES string of the molecule is CCN(CC)S(=O)(=O)c1ccc(CCC(=O)Nc2ccccc2C(=O)N2CC(C)CC(C)C2)cc1. The molecule has 1 saturated heterocycles. The molecule has 1 aliphatic heterocycles. The van der Waals surface area contributed by atoms with E-state index in [1.165, 1.54) is 4.31 Å². The Bertz CT molecular complexity index is 1120. The monoisotopic (exact) mass is 499 g/mol. The summed E-state index contributed by atoms with van der Waals surface area (Å²) in [6, 6.07) is 13.8. The van der Waals surface area contributed by atoms with E-state index >= 15 is 0 Å². The summed E-state index contributed by atoms with van der Waals surface area (Å²) in [5.74, 6) is 0.672. The van der Waals surface area contributed by atoms with Gasteiger partial charge in [0.15, 0.2) is 0 Å². The third kappa shape index (κ3) is 6.70. The molecule has 2 aromatic rings. The molecule has 8 heteroatoms. The topological polar surface area (TPSA) is 86.8 Å². The molecule has 0 saturated carbocycles. The van der Waals surface area contributed by atoms with Gasteiger partial charge >= 0.3 is 0 Å². The van der Waals surface area contributed by atoms with Crippen molar-refractivity contribution in [2.75, 3.05) is 31.5 Å². The smallest absolute Gasteiger partial charge is 0.255 e. The van der Waals surface area contributed by atoms with Gasteiger partial charge in [-0.25, -0.2) is 8.42 Å². The molecule has 0 aliphatic carbocycles. The fraction of sp³-hybridized carbons (Fsp3) is 0.481. The first-order valence-corrected chi connectivity index (χ1v) is 13.9. The number of aryl methyl sites for hydroxylation is 1. The molecule has 1 aliphatic rings. The molecular formula is C27H37N3O4S. The Kier molecular flexibility index (Phi) is 9.08. The molecular weight excluding hydrogens is 462 g/mol. The molecule has 0 aromatic heterocycles. The molecule has 3 rings (SSSR count). The van der Waals surface area contributed by atoms with E-state index in [2.05, 4.69) is 19.2 Å². The highest BCUT2D eigenvalue weighted by Gasteiger charge is 2.27. The van der Waals surface area contributed by atoms with Gasteiger partial charge in [0.05, 0.1) is 16.1 Å². The fourth-order valence-corrected chi connectivity index (χ4v) is 6.25. The second kappa shape index (κ2) is 11.8. The number of nitrogens with zero attached hydrogens (tertiary/aromatic N) is 2. The van der Waals surface area contributed by atoms with Crippen molar-refractivity contribution in [2.24, 2.45) is 11.8 Å². The minimum absolute atomic E-state index is 0.0516. The molecule has 35 heavy (non-hydrogen) atoms. The van der Waals surface area contributed by atoms with Crippen LogP contribution in [0.1, 0.15) is 56.5 Å². The molecule has 2 atom stereocenters. The van der Waals surface area contributed by atoms with Gasteiger partial charge in [0.25, 0.3) is 5.91 Å². The number of anilines is 1. The lowest BCUT2D eigenvalue weighted by molar-refractivity contribution is -0.116. The molecule has 2 unspecified atom stereocenters. The van der Waals surface area contributed by atoms with Crippen LogP contribution in [0.2, 0.25) is 0 Å². The number of hydrogen-bond acceptors (Lipinski definition) is 4. The maximum absolute atomic E-state index is 13.2. The first-order valence-electron chi connectivity index (χ1n) is 12.4. The lowest BCUT2D eigenvalue weighted by atomic mass is 9.91. The second-order valence-electron chi connectivity index (χ2n) is 9.48. The molecule has 1 fully saturated rings. The van der Waals surface area contributed by atoms with Crippen molar-refractivity contribution in [1.29, 1.82) is 0 Å². The number of sulfonamides is 1. The number of carbonyl (C=O) groups is 2. The molecule has 7 nitrogen and oxygen atoms in total. The van der Waals surface area contributed by atoms with Crippen LogP contribution in [0.5, 0.6) is 0 Å². The Morgan fingerprint density at radius 2 is 1.57 bits per heavy atom. The second-order valence-corrected chi connectivity index (χ2v) is 11.4. The molecule has 1 N–H and O–H groups in total. The summed E-state index contributed by atoms with van der Waals surface area (Å²) in [4.78, 5) is 28.0. The van der Waals surface area contributed by atoms with Crippen molar-refractivity contribution in [1.82, 2.24) is 9.21 Å². The number of para-hydroxylation sites is 1. The number of benzene rings is 2. The number of rotatable bonds is 9. The van der Waals surface area contributed by atoms with E-state index < -0.39 is 10.0 Å². The fourth-order valence-electron chi connectivity index (χ4n) is 4.79. The predicted molar refractivity (Wildman–Crippen MR) is 139 cm³/mol. The van der Waals surface area contributed by atoms with Gasteiger partial charge in [-0.1, -0.05) is 52.0 Å². The molecule has 1 heterocycles. The third-order valence-corrected chi connectivity index (χ3v) is 8.56. The van der Waals surface area contributed by atoms with Gasteiger partial charge in [-0.05, 0) is 54.5 Å². The number of piperidine rings is 1. The average Bonchev–Trinajstić information content (AvgIpc) is 2.83. The first-order chi connectivity index (χ1) is 16.6. The predicted octanol–water partition coefficient (Wildman–Crippen LogP) is 4.41. The number of hydrogen-bond donors (Lipinski definition) is 1. The van der Waals surface area contributed by atoms with Crippen molar-refractivity contribution in [2.45, 2.75) is 51.9 Å². The van der Waals surface area contributed by atoms with Crippen molar-refractivity contribution in [3.63, 3.8) is 0 Å². The number of carbonyl (C=O) groups excluding carboxylic acids is 2. The molecule has 2 aromatic carbocycles. The zero-order valence-electron chi connectivity index (χ0n) is 21.2. The van der Waals surface area contributed by atoms with Gasteiger partial charge in [0.2, 0.25) is 15.9 Å². The quantitative estimate of drug-likeness (QED) is 0.554. The van der Waals surface area contributed by atoms with Crippen LogP contribution in [-0.2, 0) is 21.2 Å². The van der Waals surface area contributed by atoms with E-state index in [4.69, 9.17) is 0 Å². The highest BCUT2D eigenvalue weighted by molar-refractivity contribution is 7.89. The normalized spacial score (nSPS) is 18.5. The molecule has 2 amide bonds. The van der Waals surface area contributed by atoms with Gasteiger partial charge in [0.1, 0.15) is 0 Å². The van der Waals surface area contributed by atoms with E-state index in [-0.39, 0.29) is 23.1 Å². The van der Waals surface area contributed by atoms with Crippen molar-refractivity contribution in [3.05, 3.63) is 59.7 Å².